The van der Waals surface area contributed by atoms with Gasteiger partial charge in [-0.2, -0.15) is 0 Å². The molecule has 3 N–H and O–H groups in total. The number of nitrogens with zero attached hydrogens (tertiary/aromatic N) is 2. The summed E-state index contributed by atoms with van der Waals surface area (Å²) < 4.78 is 19.6. The van der Waals surface area contributed by atoms with Gasteiger partial charge in [0.2, 0.25) is 5.91 Å². The topological polar surface area (TPSA) is 111 Å². The number of aliphatic hydroxyl groups excluding tert-OH is 1. The second kappa shape index (κ2) is 11.2. The maximum Gasteiger partial charge on any atom is 0.321 e. The van der Waals surface area contributed by atoms with Gasteiger partial charge in [0.05, 0.1) is 30.4 Å². The van der Waals surface area contributed by atoms with Crippen molar-refractivity contribution in [3.05, 3.63) is 53.8 Å². The van der Waals surface area contributed by atoms with E-state index in [0.717, 1.165) is 12.8 Å². The molecule has 1 aliphatic heterocycles. The van der Waals surface area contributed by atoms with Gasteiger partial charge >= 0.3 is 6.03 Å². The molecule has 1 aliphatic carbocycles. The number of urea groups is 1. The maximum atomic E-state index is 13.5. The van der Waals surface area contributed by atoms with E-state index in [9.17, 15) is 23.9 Å². The summed E-state index contributed by atoms with van der Waals surface area (Å²) in [4.78, 5) is 42.0. The Morgan fingerprint density at radius 2 is 1.89 bits per heavy atom. The first-order valence-corrected chi connectivity index (χ1v) is 12.5. The number of benzene rings is 2. The molecule has 4 amide bonds. The zero-order chi connectivity index (χ0) is 26.7. The van der Waals surface area contributed by atoms with Crippen LogP contribution in [0.2, 0.25) is 0 Å². The largest absolute Gasteiger partial charge is 0.485 e. The fourth-order valence-corrected chi connectivity index (χ4v) is 4.24. The van der Waals surface area contributed by atoms with Crippen LogP contribution in [0.5, 0.6) is 5.75 Å². The van der Waals surface area contributed by atoms with Crippen LogP contribution in [0.4, 0.5) is 20.6 Å². The summed E-state index contributed by atoms with van der Waals surface area (Å²) in [5.41, 5.74) is 1.13. The van der Waals surface area contributed by atoms with Crippen molar-refractivity contribution in [2.45, 2.75) is 38.8 Å². The van der Waals surface area contributed by atoms with Crippen molar-refractivity contribution < 1.29 is 28.6 Å². The van der Waals surface area contributed by atoms with Crippen molar-refractivity contribution >= 4 is 29.2 Å². The molecule has 0 spiro atoms. The number of anilines is 2. The van der Waals surface area contributed by atoms with Crippen molar-refractivity contribution in [1.82, 2.24) is 9.80 Å². The average Bonchev–Trinajstić information content (AvgIpc) is 3.73. The summed E-state index contributed by atoms with van der Waals surface area (Å²) in [7, 11) is 1.62. The fourth-order valence-electron chi connectivity index (χ4n) is 4.24. The molecular weight excluding hydrogens is 479 g/mol. The van der Waals surface area contributed by atoms with Crippen LogP contribution in [0.3, 0.4) is 0 Å². The van der Waals surface area contributed by atoms with Crippen LogP contribution < -0.4 is 15.4 Å². The third kappa shape index (κ3) is 6.19. The highest BCUT2D eigenvalue weighted by Crippen LogP contribution is 2.37. The minimum atomic E-state index is -0.539. The van der Waals surface area contributed by atoms with Gasteiger partial charge in [-0.1, -0.05) is 13.0 Å². The number of rotatable bonds is 7. The zero-order valence-electron chi connectivity index (χ0n) is 21.2. The Bertz CT molecular complexity index is 1150. The van der Waals surface area contributed by atoms with Crippen LogP contribution in [0.15, 0.2) is 42.5 Å². The zero-order valence-corrected chi connectivity index (χ0v) is 21.2. The summed E-state index contributed by atoms with van der Waals surface area (Å²) in [6.07, 6.45) is 1.12. The smallest absolute Gasteiger partial charge is 0.321 e. The first-order valence-electron chi connectivity index (χ1n) is 12.5. The quantitative estimate of drug-likeness (QED) is 0.525. The molecule has 3 atom stereocenters. The summed E-state index contributed by atoms with van der Waals surface area (Å²) in [6, 6.07) is 9.65. The summed E-state index contributed by atoms with van der Waals surface area (Å²) in [6.45, 7) is 3.95. The summed E-state index contributed by atoms with van der Waals surface area (Å²) >= 11 is 0. The fraction of sp³-hybridized carbons (Fsp3) is 0.444. The first kappa shape index (κ1) is 26.4. The van der Waals surface area contributed by atoms with Crippen molar-refractivity contribution in [2.75, 3.05) is 37.4 Å². The summed E-state index contributed by atoms with van der Waals surface area (Å²) in [5.74, 6) is -0.830. The number of nitrogens with one attached hydrogen (secondary N) is 2. The Morgan fingerprint density at radius 3 is 2.54 bits per heavy atom. The molecule has 1 heterocycles. The molecule has 0 aromatic heterocycles. The molecule has 1 fully saturated rings. The molecule has 0 radical (unpaired) electrons. The second-order valence-corrected chi connectivity index (χ2v) is 9.89. The van der Waals surface area contributed by atoms with E-state index in [1.54, 1.807) is 37.1 Å². The third-order valence-electron chi connectivity index (χ3n) is 6.79. The van der Waals surface area contributed by atoms with E-state index < -0.39 is 24.0 Å². The lowest BCUT2D eigenvalue weighted by molar-refractivity contribution is -0.117. The van der Waals surface area contributed by atoms with Crippen LogP contribution in [0.1, 0.15) is 37.0 Å². The Balaban J connectivity index is 1.61. The van der Waals surface area contributed by atoms with Crippen LogP contribution in [0, 0.1) is 17.7 Å². The van der Waals surface area contributed by atoms with Gasteiger partial charge in [-0.3, -0.25) is 9.59 Å². The number of fused-ring (bicyclic) bond motifs is 1. The SMILES string of the molecule is C[C@@H]1CN([C@H](C)CO)C(=O)c2cccc(NC(=O)C3CC3)c2O[C@@H]1CN(C)C(=O)Nc1ccc(F)cc1. The Labute approximate surface area is 215 Å². The van der Waals surface area contributed by atoms with Gasteiger partial charge in [0.1, 0.15) is 11.9 Å². The maximum absolute atomic E-state index is 13.5. The van der Waals surface area contributed by atoms with Crippen molar-refractivity contribution in [2.24, 2.45) is 11.8 Å². The standard InChI is InChI=1S/C27H33FN4O5/c1-16-13-32(17(2)15-33)26(35)21-5-4-6-22(30-25(34)18-7-8-18)24(21)37-23(16)14-31(3)27(36)29-20-11-9-19(28)10-12-20/h4-6,9-12,16-18,23,33H,7-8,13-15H2,1-3H3,(H,29,36)(H,30,34)/t16-,17-,23-/m1/s1. The van der Waals surface area contributed by atoms with E-state index in [2.05, 4.69) is 10.6 Å². The molecule has 10 heteroatoms. The van der Waals surface area contributed by atoms with E-state index >= 15 is 0 Å². The normalized spacial score (nSPS) is 20.1. The molecular formula is C27H33FN4O5. The molecule has 2 aromatic carbocycles. The van der Waals surface area contributed by atoms with Gasteiger partial charge in [0.15, 0.2) is 5.75 Å². The molecule has 198 valence electrons. The Morgan fingerprint density at radius 1 is 1.19 bits per heavy atom. The highest BCUT2D eigenvalue weighted by molar-refractivity contribution is 6.02. The average molecular weight is 513 g/mol. The number of likely N-dealkylation sites (N-methyl/N-ethyl adjacent to an activating group) is 1. The molecule has 4 rings (SSSR count). The lowest BCUT2D eigenvalue weighted by Crippen LogP contribution is -2.50. The van der Waals surface area contributed by atoms with Crippen LogP contribution in [0.25, 0.3) is 0 Å². The van der Waals surface area contributed by atoms with Crippen molar-refractivity contribution in [1.29, 1.82) is 0 Å². The number of para-hydroxylation sites is 1. The van der Waals surface area contributed by atoms with Gasteiger partial charge in [-0.05, 0) is 56.2 Å². The van der Waals surface area contributed by atoms with Gasteiger partial charge in [0.25, 0.3) is 5.91 Å². The van der Waals surface area contributed by atoms with Gasteiger partial charge in [0, 0.05) is 31.1 Å². The first-order chi connectivity index (χ1) is 17.7. The summed E-state index contributed by atoms with van der Waals surface area (Å²) in [5, 5.41) is 15.4. The predicted octanol–water partition coefficient (Wildman–Crippen LogP) is 3.56. The van der Waals surface area contributed by atoms with Gasteiger partial charge < -0.3 is 30.3 Å². The van der Waals surface area contributed by atoms with Gasteiger partial charge in [-0.25, -0.2) is 9.18 Å². The number of carbonyl (C=O) groups excluding carboxylic acids is 3. The predicted molar refractivity (Wildman–Crippen MR) is 137 cm³/mol. The van der Waals surface area contributed by atoms with E-state index in [0.29, 0.717) is 17.9 Å². The lowest BCUT2D eigenvalue weighted by atomic mass is 9.99. The second-order valence-electron chi connectivity index (χ2n) is 9.89. The number of ether oxygens (including phenoxy) is 1. The number of halogens is 1. The van der Waals surface area contributed by atoms with Crippen molar-refractivity contribution in [3.8, 4) is 5.75 Å². The monoisotopic (exact) mass is 512 g/mol. The van der Waals surface area contributed by atoms with E-state index in [-0.39, 0.29) is 48.1 Å². The third-order valence-corrected chi connectivity index (χ3v) is 6.79. The Kier molecular flexibility index (Phi) is 7.97. The molecule has 2 aliphatic rings. The van der Waals surface area contributed by atoms with Crippen LogP contribution >= 0.6 is 0 Å². The molecule has 9 nitrogen and oxygen atoms in total. The van der Waals surface area contributed by atoms with Crippen molar-refractivity contribution in [3.63, 3.8) is 0 Å². The van der Waals surface area contributed by atoms with E-state index in [1.807, 2.05) is 6.92 Å². The minimum absolute atomic E-state index is 0.0398. The van der Waals surface area contributed by atoms with E-state index in [4.69, 9.17) is 4.74 Å². The number of amides is 4. The highest BCUT2D eigenvalue weighted by Gasteiger charge is 2.36. The Hall–Kier alpha value is -3.66. The highest BCUT2D eigenvalue weighted by atomic mass is 19.1. The van der Waals surface area contributed by atoms with E-state index in [1.165, 1.54) is 29.2 Å². The van der Waals surface area contributed by atoms with Crippen LogP contribution in [-0.2, 0) is 4.79 Å². The number of carbonyl (C=O) groups is 3. The molecule has 37 heavy (non-hydrogen) atoms. The molecule has 2 aromatic rings. The molecule has 0 unspecified atom stereocenters. The lowest BCUT2D eigenvalue weighted by Gasteiger charge is -2.38. The number of hydrogen-bond acceptors (Lipinski definition) is 5. The minimum Gasteiger partial charge on any atom is -0.485 e. The molecule has 1 saturated carbocycles. The van der Waals surface area contributed by atoms with Crippen LogP contribution in [-0.4, -0.2) is 71.6 Å². The number of aliphatic hydroxyl groups is 1. The number of hydrogen-bond donors (Lipinski definition) is 3. The molecule has 0 bridgehead atoms. The van der Waals surface area contributed by atoms with Gasteiger partial charge in [-0.15, -0.1) is 0 Å². The molecule has 0 saturated heterocycles.